The molecule has 0 bridgehead atoms. The molecule has 0 radical (unpaired) electrons. The summed E-state index contributed by atoms with van der Waals surface area (Å²) in [5.74, 6) is -0.230. The summed E-state index contributed by atoms with van der Waals surface area (Å²) in [7, 11) is 0. The van der Waals surface area contributed by atoms with Gasteiger partial charge in [0.1, 0.15) is 11.7 Å². The topological polar surface area (TPSA) is 138 Å². The highest BCUT2D eigenvalue weighted by Gasteiger charge is 2.12. The van der Waals surface area contributed by atoms with Gasteiger partial charge in [-0.2, -0.15) is 5.10 Å². The molecule has 0 aliphatic heterocycles. The SMILES string of the molecule is O=C(NCCn1ncc2c(=O)n(Cc3cccc([N+](=O)[O-])c3)cnc21)c1ccncc1. The van der Waals surface area contributed by atoms with Gasteiger partial charge in [-0.25, -0.2) is 9.67 Å². The van der Waals surface area contributed by atoms with Gasteiger partial charge in [0, 0.05) is 36.6 Å². The number of hydrogen-bond donors (Lipinski definition) is 1. The van der Waals surface area contributed by atoms with Crippen molar-refractivity contribution in [1.29, 1.82) is 0 Å². The number of amides is 1. The van der Waals surface area contributed by atoms with Crippen LogP contribution >= 0.6 is 0 Å². The first-order valence-electron chi connectivity index (χ1n) is 9.35. The normalized spacial score (nSPS) is 10.8. The summed E-state index contributed by atoms with van der Waals surface area (Å²) < 4.78 is 2.92. The molecule has 3 aromatic heterocycles. The number of benzene rings is 1. The molecule has 0 atom stereocenters. The molecule has 4 rings (SSSR count). The van der Waals surface area contributed by atoms with E-state index in [-0.39, 0.29) is 23.7 Å². The highest BCUT2D eigenvalue weighted by Crippen LogP contribution is 2.14. The Kier molecular flexibility index (Phi) is 5.47. The number of fused-ring (bicyclic) bond motifs is 1. The summed E-state index contributed by atoms with van der Waals surface area (Å²) in [4.78, 5) is 43.5. The van der Waals surface area contributed by atoms with E-state index in [4.69, 9.17) is 0 Å². The van der Waals surface area contributed by atoms with E-state index in [0.29, 0.717) is 35.2 Å². The van der Waals surface area contributed by atoms with Crippen LogP contribution in [-0.4, -0.2) is 41.7 Å². The molecule has 31 heavy (non-hydrogen) atoms. The number of nitrogens with zero attached hydrogens (tertiary/aromatic N) is 6. The van der Waals surface area contributed by atoms with E-state index in [1.807, 2.05) is 0 Å². The Morgan fingerprint density at radius 3 is 2.77 bits per heavy atom. The lowest BCUT2D eigenvalue weighted by Gasteiger charge is -2.07. The number of hydrogen-bond acceptors (Lipinski definition) is 7. The van der Waals surface area contributed by atoms with Crippen molar-refractivity contribution in [3.8, 4) is 0 Å². The fourth-order valence-corrected chi connectivity index (χ4v) is 3.12. The molecule has 0 unspecified atom stereocenters. The van der Waals surface area contributed by atoms with Gasteiger partial charge in [-0.1, -0.05) is 12.1 Å². The van der Waals surface area contributed by atoms with E-state index in [0.717, 1.165) is 0 Å². The predicted octanol–water partition coefficient (Wildman–Crippen LogP) is 1.37. The molecular formula is C20H17N7O4. The van der Waals surface area contributed by atoms with Crippen LogP contribution in [0.1, 0.15) is 15.9 Å². The average molecular weight is 419 g/mol. The number of nitro groups is 1. The second kappa shape index (κ2) is 8.53. The Morgan fingerprint density at radius 1 is 1.19 bits per heavy atom. The maximum atomic E-state index is 12.8. The first-order valence-corrected chi connectivity index (χ1v) is 9.35. The molecule has 0 spiro atoms. The van der Waals surface area contributed by atoms with Crippen LogP contribution in [0.5, 0.6) is 0 Å². The van der Waals surface area contributed by atoms with Crippen molar-refractivity contribution in [3.63, 3.8) is 0 Å². The molecule has 11 heteroatoms. The van der Waals surface area contributed by atoms with Crippen LogP contribution < -0.4 is 10.9 Å². The molecule has 1 amide bonds. The number of rotatable bonds is 7. The number of pyridine rings is 1. The minimum Gasteiger partial charge on any atom is -0.350 e. The Hall–Kier alpha value is -4.41. The fourth-order valence-electron chi connectivity index (χ4n) is 3.12. The van der Waals surface area contributed by atoms with Crippen molar-refractivity contribution in [2.75, 3.05) is 6.54 Å². The highest BCUT2D eigenvalue weighted by molar-refractivity contribution is 5.93. The molecule has 0 aliphatic carbocycles. The zero-order valence-electron chi connectivity index (χ0n) is 16.2. The Bertz CT molecular complexity index is 1310. The summed E-state index contributed by atoms with van der Waals surface area (Å²) in [6.45, 7) is 0.786. The van der Waals surface area contributed by atoms with Crippen LogP contribution in [0.4, 0.5) is 5.69 Å². The third-order valence-corrected chi connectivity index (χ3v) is 4.65. The molecule has 3 heterocycles. The summed E-state index contributed by atoms with van der Waals surface area (Å²) in [5.41, 5.74) is 1.18. The molecule has 0 saturated heterocycles. The van der Waals surface area contributed by atoms with E-state index >= 15 is 0 Å². The molecule has 1 N–H and O–H groups in total. The maximum Gasteiger partial charge on any atom is 0.269 e. The lowest BCUT2D eigenvalue weighted by Crippen LogP contribution is -2.27. The summed E-state index contributed by atoms with van der Waals surface area (Å²) in [6.07, 6.45) is 5.90. The van der Waals surface area contributed by atoms with Crippen molar-refractivity contribution in [2.45, 2.75) is 13.1 Å². The van der Waals surface area contributed by atoms with Gasteiger partial charge >= 0.3 is 0 Å². The smallest absolute Gasteiger partial charge is 0.269 e. The minimum atomic E-state index is -0.481. The summed E-state index contributed by atoms with van der Waals surface area (Å²) in [6, 6.07) is 9.33. The van der Waals surface area contributed by atoms with Gasteiger partial charge in [0.15, 0.2) is 5.65 Å². The average Bonchev–Trinajstić information content (AvgIpc) is 3.20. The zero-order valence-corrected chi connectivity index (χ0v) is 16.2. The van der Waals surface area contributed by atoms with Gasteiger partial charge in [0.05, 0.1) is 24.2 Å². The largest absolute Gasteiger partial charge is 0.350 e. The van der Waals surface area contributed by atoms with E-state index < -0.39 is 4.92 Å². The summed E-state index contributed by atoms with van der Waals surface area (Å²) in [5, 5.41) is 18.3. The zero-order chi connectivity index (χ0) is 21.8. The van der Waals surface area contributed by atoms with Gasteiger partial charge in [0.2, 0.25) is 0 Å². The molecule has 4 aromatic rings. The van der Waals surface area contributed by atoms with E-state index in [1.54, 1.807) is 41.3 Å². The quantitative estimate of drug-likeness (QED) is 0.353. The highest BCUT2D eigenvalue weighted by atomic mass is 16.6. The molecule has 0 saturated carbocycles. The first-order chi connectivity index (χ1) is 15.0. The standard InChI is InChI=1S/C20H17N7O4/c28-19(15-4-6-21-7-5-15)22-8-9-26-18-17(11-24-26)20(29)25(13-23-18)12-14-2-1-3-16(10-14)27(30)31/h1-7,10-11,13H,8-9,12H2,(H,22,28). The van der Waals surface area contributed by atoms with Crippen LogP contribution in [-0.2, 0) is 13.1 Å². The molecule has 11 nitrogen and oxygen atoms in total. The van der Waals surface area contributed by atoms with Gasteiger partial charge in [0.25, 0.3) is 17.2 Å². The van der Waals surface area contributed by atoms with Crippen molar-refractivity contribution in [1.82, 2.24) is 29.6 Å². The van der Waals surface area contributed by atoms with E-state index in [2.05, 4.69) is 20.4 Å². The lowest BCUT2D eigenvalue weighted by atomic mass is 10.2. The predicted molar refractivity (Wildman–Crippen MR) is 111 cm³/mol. The van der Waals surface area contributed by atoms with Crippen molar-refractivity contribution in [3.05, 3.63) is 92.9 Å². The Labute approximate surface area is 175 Å². The van der Waals surface area contributed by atoms with Crippen LogP contribution in [0.25, 0.3) is 11.0 Å². The van der Waals surface area contributed by atoms with Crippen molar-refractivity contribution in [2.24, 2.45) is 0 Å². The fraction of sp³-hybridized carbons (Fsp3) is 0.150. The minimum absolute atomic E-state index is 0.0405. The second-order valence-electron chi connectivity index (χ2n) is 6.70. The van der Waals surface area contributed by atoms with Crippen LogP contribution in [0, 0.1) is 10.1 Å². The number of non-ortho nitro benzene ring substituents is 1. The number of carbonyl (C=O) groups is 1. The summed E-state index contributed by atoms with van der Waals surface area (Å²) >= 11 is 0. The van der Waals surface area contributed by atoms with Gasteiger partial charge < -0.3 is 5.32 Å². The van der Waals surface area contributed by atoms with Crippen LogP contribution in [0.2, 0.25) is 0 Å². The number of nitrogens with one attached hydrogen (secondary N) is 1. The molecule has 156 valence electrons. The van der Waals surface area contributed by atoms with Gasteiger partial charge in [-0.15, -0.1) is 0 Å². The number of carbonyl (C=O) groups excluding carboxylic acids is 1. The Morgan fingerprint density at radius 2 is 2.00 bits per heavy atom. The van der Waals surface area contributed by atoms with E-state index in [9.17, 15) is 19.7 Å². The number of aromatic nitrogens is 5. The van der Waals surface area contributed by atoms with Gasteiger partial charge in [-0.3, -0.25) is 29.3 Å². The monoisotopic (exact) mass is 419 g/mol. The number of nitro benzene ring substituents is 1. The second-order valence-corrected chi connectivity index (χ2v) is 6.70. The van der Waals surface area contributed by atoms with Crippen LogP contribution in [0.15, 0.2) is 66.1 Å². The molecular weight excluding hydrogens is 402 g/mol. The lowest BCUT2D eigenvalue weighted by molar-refractivity contribution is -0.384. The van der Waals surface area contributed by atoms with Crippen molar-refractivity contribution >= 4 is 22.6 Å². The maximum absolute atomic E-state index is 12.8. The third kappa shape index (κ3) is 4.29. The van der Waals surface area contributed by atoms with Gasteiger partial charge in [-0.05, 0) is 17.7 Å². The molecule has 0 fully saturated rings. The Balaban J connectivity index is 1.48. The van der Waals surface area contributed by atoms with Crippen molar-refractivity contribution < 1.29 is 9.72 Å². The van der Waals surface area contributed by atoms with E-state index in [1.165, 1.54) is 29.2 Å². The third-order valence-electron chi connectivity index (χ3n) is 4.65. The molecule has 1 aromatic carbocycles. The first kappa shape index (κ1) is 19.9. The molecule has 0 aliphatic rings. The van der Waals surface area contributed by atoms with Crippen LogP contribution in [0.3, 0.4) is 0 Å².